The Kier molecular flexibility index (Phi) is 6.99. The first-order chi connectivity index (χ1) is 12.9. The molecule has 0 aliphatic heterocycles. The summed E-state index contributed by atoms with van der Waals surface area (Å²) in [5, 5.41) is 2.54. The van der Waals surface area contributed by atoms with Crippen molar-refractivity contribution < 1.29 is 23.5 Å². The van der Waals surface area contributed by atoms with E-state index in [0.717, 1.165) is 0 Å². The van der Waals surface area contributed by atoms with Gasteiger partial charge in [0, 0.05) is 6.92 Å². The van der Waals surface area contributed by atoms with Crippen molar-refractivity contribution in [1.82, 2.24) is 16.2 Å². The first-order valence-electron chi connectivity index (χ1n) is 8.50. The van der Waals surface area contributed by atoms with Gasteiger partial charge >= 0.3 is 5.91 Å². The molecule has 0 aliphatic rings. The van der Waals surface area contributed by atoms with Crippen molar-refractivity contribution in [2.45, 2.75) is 33.4 Å². The van der Waals surface area contributed by atoms with Crippen LogP contribution in [0.1, 0.15) is 37.1 Å². The summed E-state index contributed by atoms with van der Waals surface area (Å²) in [5.41, 5.74) is 4.56. The topological polar surface area (TPSA) is 110 Å². The van der Waals surface area contributed by atoms with E-state index in [1.807, 2.05) is 30.3 Å². The van der Waals surface area contributed by atoms with Crippen molar-refractivity contribution in [3.63, 3.8) is 0 Å². The van der Waals surface area contributed by atoms with Gasteiger partial charge in [0.05, 0.1) is 0 Å². The van der Waals surface area contributed by atoms with Gasteiger partial charge in [-0.3, -0.25) is 25.2 Å². The van der Waals surface area contributed by atoms with E-state index in [9.17, 15) is 14.4 Å². The van der Waals surface area contributed by atoms with Crippen LogP contribution in [0.2, 0.25) is 0 Å². The zero-order chi connectivity index (χ0) is 19.8. The fraction of sp³-hybridized carbons (Fsp3) is 0.316. The second-order valence-corrected chi connectivity index (χ2v) is 6.23. The van der Waals surface area contributed by atoms with E-state index in [1.54, 1.807) is 19.9 Å². The number of rotatable bonds is 7. The van der Waals surface area contributed by atoms with Crippen LogP contribution < -0.4 is 20.9 Å². The zero-order valence-electron chi connectivity index (χ0n) is 15.4. The number of para-hydroxylation sites is 1. The Morgan fingerprint density at radius 1 is 1.04 bits per heavy atom. The van der Waals surface area contributed by atoms with E-state index >= 15 is 0 Å². The number of ether oxygens (including phenoxy) is 1. The van der Waals surface area contributed by atoms with Gasteiger partial charge in [0.2, 0.25) is 5.91 Å². The Labute approximate surface area is 157 Å². The summed E-state index contributed by atoms with van der Waals surface area (Å²) in [4.78, 5) is 35.4. The van der Waals surface area contributed by atoms with Crippen LogP contribution >= 0.6 is 0 Å². The van der Waals surface area contributed by atoms with E-state index in [4.69, 9.17) is 9.15 Å². The molecule has 0 saturated heterocycles. The molecule has 2 aromatic rings. The van der Waals surface area contributed by atoms with E-state index in [1.165, 1.54) is 13.0 Å². The van der Waals surface area contributed by atoms with Crippen LogP contribution in [0.25, 0.3) is 0 Å². The van der Waals surface area contributed by atoms with Gasteiger partial charge in [-0.1, -0.05) is 32.0 Å². The van der Waals surface area contributed by atoms with Crippen LogP contribution in [0.15, 0.2) is 46.9 Å². The molecule has 1 aromatic heterocycles. The summed E-state index contributed by atoms with van der Waals surface area (Å²) < 4.78 is 11.0. The number of furan rings is 1. The molecule has 8 nitrogen and oxygen atoms in total. The molecule has 0 spiro atoms. The summed E-state index contributed by atoms with van der Waals surface area (Å²) in [6, 6.07) is 11.6. The Bertz CT molecular complexity index is 786. The maximum absolute atomic E-state index is 12.1. The van der Waals surface area contributed by atoms with Crippen LogP contribution in [0, 0.1) is 5.92 Å². The number of hydrazine groups is 1. The van der Waals surface area contributed by atoms with Gasteiger partial charge in [0.25, 0.3) is 5.91 Å². The maximum atomic E-state index is 12.1. The number of nitrogens with one attached hydrogen (secondary N) is 3. The summed E-state index contributed by atoms with van der Waals surface area (Å²) in [7, 11) is 0. The van der Waals surface area contributed by atoms with Crippen molar-refractivity contribution in [1.29, 1.82) is 0 Å². The number of carbonyl (C=O) groups is 3. The van der Waals surface area contributed by atoms with Crippen LogP contribution in [0.3, 0.4) is 0 Å². The average Bonchev–Trinajstić information content (AvgIpc) is 3.12. The highest BCUT2D eigenvalue weighted by Crippen LogP contribution is 2.13. The quantitative estimate of drug-likeness (QED) is 0.641. The Balaban J connectivity index is 1.86. The highest BCUT2D eigenvalue weighted by molar-refractivity contribution is 5.94. The van der Waals surface area contributed by atoms with Crippen LogP contribution in [0.5, 0.6) is 5.75 Å². The molecule has 3 N–H and O–H groups in total. The van der Waals surface area contributed by atoms with Crippen LogP contribution in [-0.2, 0) is 16.2 Å². The highest BCUT2D eigenvalue weighted by atomic mass is 16.5. The number of benzene rings is 1. The summed E-state index contributed by atoms with van der Waals surface area (Å²) in [6.07, 6.45) is 0. The smallest absolute Gasteiger partial charge is 0.305 e. The highest BCUT2D eigenvalue weighted by Gasteiger charge is 2.23. The second kappa shape index (κ2) is 9.42. The molecular formula is C19H23N3O5. The maximum Gasteiger partial charge on any atom is 0.305 e. The SMILES string of the molecule is CC(=O)NC(C(=O)NNC(=O)c1ccc(COc2ccccc2)o1)C(C)C. The summed E-state index contributed by atoms with van der Waals surface area (Å²) >= 11 is 0. The van der Waals surface area contributed by atoms with Gasteiger partial charge in [-0.15, -0.1) is 0 Å². The molecule has 0 saturated carbocycles. The van der Waals surface area contributed by atoms with Gasteiger partial charge in [-0.2, -0.15) is 0 Å². The monoisotopic (exact) mass is 373 g/mol. The fourth-order valence-corrected chi connectivity index (χ4v) is 2.26. The van der Waals surface area contributed by atoms with Crippen molar-refractivity contribution in [3.8, 4) is 5.75 Å². The summed E-state index contributed by atoms with van der Waals surface area (Å²) in [5.74, 6) is -0.422. The standard InChI is InChI=1S/C19H23N3O5/c1-12(2)17(20-13(3)23)19(25)22-21-18(24)16-10-9-15(27-16)11-26-14-7-5-4-6-8-14/h4-10,12,17H,11H2,1-3H3,(H,20,23)(H,21,24)(H,22,25). The molecule has 27 heavy (non-hydrogen) atoms. The van der Waals surface area contributed by atoms with Gasteiger partial charge < -0.3 is 14.5 Å². The lowest BCUT2D eigenvalue weighted by molar-refractivity contribution is -0.129. The molecule has 1 unspecified atom stereocenters. The van der Waals surface area contributed by atoms with Gasteiger partial charge in [0.1, 0.15) is 24.2 Å². The van der Waals surface area contributed by atoms with Gasteiger partial charge in [-0.05, 0) is 30.2 Å². The molecule has 144 valence electrons. The second-order valence-electron chi connectivity index (χ2n) is 6.23. The third kappa shape index (κ3) is 6.18. The molecule has 0 aliphatic carbocycles. The van der Waals surface area contributed by atoms with E-state index < -0.39 is 17.9 Å². The minimum absolute atomic E-state index is 0.0302. The van der Waals surface area contributed by atoms with E-state index in [0.29, 0.717) is 11.5 Å². The van der Waals surface area contributed by atoms with E-state index in [2.05, 4.69) is 16.2 Å². The van der Waals surface area contributed by atoms with Crippen molar-refractivity contribution >= 4 is 17.7 Å². The third-order valence-electron chi connectivity index (χ3n) is 3.62. The molecule has 0 bridgehead atoms. The Hall–Kier alpha value is -3.29. The minimum atomic E-state index is -0.755. The number of amides is 3. The number of hydrogen-bond donors (Lipinski definition) is 3. The fourth-order valence-electron chi connectivity index (χ4n) is 2.26. The lowest BCUT2D eigenvalue weighted by atomic mass is 10.0. The first kappa shape index (κ1) is 20.0. The first-order valence-corrected chi connectivity index (χ1v) is 8.50. The molecule has 1 aromatic carbocycles. The lowest BCUT2D eigenvalue weighted by Gasteiger charge is -2.20. The Morgan fingerprint density at radius 3 is 2.37 bits per heavy atom. The number of hydrogen-bond acceptors (Lipinski definition) is 5. The van der Waals surface area contributed by atoms with Gasteiger partial charge in [0.15, 0.2) is 5.76 Å². The molecule has 0 radical (unpaired) electrons. The normalized spacial score (nSPS) is 11.6. The van der Waals surface area contributed by atoms with Crippen molar-refractivity contribution in [2.24, 2.45) is 5.92 Å². The minimum Gasteiger partial charge on any atom is -0.486 e. The molecule has 3 amide bonds. The molecule has 2 rings (SSSR count). The summed E-state index contributed by atoms with van der Waals surface area (Å²) in [6.45, 7) is 5.06. The van der Waals surface area contributed by atoms with Crippen LogP contribution in [0.4, 0.5) is 0 Å². The number of carbonyl (C=O) groups excluding carboxylic acids is 3. The molecule has 1 heterocycles. The largest absolute Gasteiger partial charge is 0.486 e. The molecule has 0 fully saturated rings. The van der Waals surface area contributed by atoms with Crippen LogP contribution in [-0.4, -0.2) is 23.8 Å². The van der Waals surface area contributed by atoms with E-state index in [-0.39, 0.29) is 24.2 Å². The van der Waals surface area contributed by atoms with Crippen molar-refractivity contribution in [2.75, 3.05) is 0 Å². The average molecular weight is 373 g/mol. The third-order valence-corrected chi connectivity index (χ3v) is 3.62. The predicted molar refractivity (Wildman–Crippen MR) is 97.5 cm³/mol. The molecule has 1 atom stereocenters. The lowest BCUT2D eigenvalue weighted by Crippen LogP contribution is -2.54. The van der Waals surface area contributed by atoms with Crippen molar-refractivity contribution in [3.05, 3.63) is 54.0 Å². The zero-order valence-corrected chi connectivity index (χ0v) is 15.4. The predicted octanol–water partition coefficient (Wildman–Crippen LogP) is 1.78. The molecular weight excluding hydrogens is 350 g/mol. The molecule has 8 heteroatoms. The Morgan fingerprint density at radius 2 is 1.74 bits per heavy atom. The van der Waals surface area contributed by atoms with Gasteiger partial charge in [-0.25, -0.2) is 0 Å².